The second-order valence-electron chi connectivity index (χ2n) is 5.70. The van der Waals surface area contributed by atoms with Crippen molar-refractivity contribution < 1.29 is 14.5 Å². The number of pyridine rings is 2. The molecule has 1 saturated heterocycles. The number of nitro groups is 1. The molecule has 26 heavy (non-hydrogen) atoms. The number of hydrogen-bond acceptors (Lipinski definition) is 7. The Kier molecular flexibility index (Phi) is 4.74. The van der Waals surface area contributed by atoms with Crippen LogP contribution in [-0.4, -0.2) is 57.8 Å². The number of carbonyl (C=O) groups is 2. The maximum atomic E-state index is 12.5. The van der Waals surface area contributed by atoms with Crippen molar-refractivity contribution in [2.75, 3.05) is 31.1 Å². The minimum absolute atomic E-state index is 0.00638. The molecule has 3 rings (SSSR count). The first-order valence-corrected chi connectivity index (χ1v) is 7.86. The first-order chi connectivity index (χ1) is 12.5. The summed E-state index contributed by atoms with van der Waals surface area (Å²) in [5, 5.41) is 10.9. The van der Waals surface area contributed by atoms with Crippen molar-refractivity contribution in [1.29, 1.82) is 0 Å². The molecule has 2 N–H and O–H groups in total. The van der Waals surface area contributed by atoms with E-state index in [2.05, 4.69) is 9.97 Å². The Morgan fingerprint density at radius 2 is 1.81 bits per heavy atom. The van der Waals surface area contributed by atoms with E-state index >= 15 is 0 Å². The molecule has 2 aromatic rings. The fourth-order valence-corrected chi connectivity index (χ4v) is 2.78. The van der Waals surface area contributed by atoms with Crippen LogP contribution in [0.15, 0.2) is 36.8 Å². The van der Waals surface area contributed by atoms with Crippen LogP contribution in [0.4, 0.5) is 11.5 Å². The lowest BCUT2D eigenvalue weighted by Crippen LogP contribution is -2.49. The number of primary amides is 1. The highest BCUT2D eigenvalue weighted by Crippen LogP contribution is 2.23. The summed E-state index contributed by atoms with van der Waals surface area (Å²) >= 11 is 0. The largest absolute Gasteiger partial charge is 0.365 e. The zero-order chi connectivity index (χ0) is 18.7. The van der Waals surface area contributed by atoms with E-state index in [4.69, 9.17) is 5.73 Å². The molecule has 10 heteroatoms. The normalized spacial score (nSPS) is 14.2. The van der Waals surface area contributed by atoms with Gasteiger partial charge in [-0.3, -0.25) is 24.7 Å². The van der Waals surface area contributed by atoms with Crippen LogP contribution < -0.4 is 10.6 Å². The maximum Gasteiger partial charge on any atom is 0.288 e. The van der Waals surface area contributed by atoms with Crippen molar-refractivity contribution in [2.24, 2.45) is 5.73 Å². The molecule has 0 unspecified atom stereocenters. The van der Waals surface area contributed by atoms with E-state index in [1.165, 1.54) is 0 Å². The Balaban J connectivity index is 1.75. The van der Waals surface area contributed by atoms with Gasteiger partial charge in [0.15, 0.2) is 0 Å². The molecule has 1 aliphatic heterocycles. The molecular formula is C16H16N6O4. The van der Waals surface area contributed by atoms with Gasteiger partial charge in [-0.05, 0) is 12.1 Å². The number of carbonyl (C=O) groups excluding carboxylic acids is 2. The van der Waals surface area contributed by atoms with Crippen LogP contribution in [-0.2, 0) is 0 Å². The molecule has 2 amide bonds. The molecule has 0 saturated carbocycles. The molecule has 2 aromatic heterocycles. The van der Waals surface area contributed by atoms with Crippen molar-refractivity contribution in [3.8, 4) is 0 Å². The standard InChI is InChI=1S/C16H16N6O4/c17-14(23)13-9-12(22(25)26)10-19-15(13)20-5-7-21(8-6-20)16(24)11-1-3-18-4-2-11/h1-4,9-10H,5-8H2,(H2,17,23). The maximum absolute atomic E-state index is 12.5. The number of hydrogen-bond donors (Lipinski definition) is 1. The Labute approximate surface area is 148 Å². The van der Waals surface area contributed by atoms with E-state index in [1.807, 2.05) is 0 Å². The van der Waals surface area contributed by atoms with E-state index in [0.29, 0.717) is 37.6 Å². The SMILES string of the molecule is NC(=O)c1cc([N+](=O)[O-])cnc1N1CCN(C(=O)c2ccncc2)CC1. The van der Waals surface area contributed by atoms with Gasteiger partial charge in [0.1, 0.15) is 12.0 Å². The van der Waals surface area contributed by atoms with Crippen molar-refractivity contribution in [3.05, 3.63) is 58.0 Å². The van der Waals surface area contributed by atoms with Crippen LogP contribution in [0.3, 0.4) is 0 Å². The van der Waals surface area contributed by atoms with Gasteiger partial charge in [-0.15, -0.1) is 0 Å². The van der Waals surface area contributed by atoms with E-state index in [0.717, 1.165) is 12.3 Å². The molecular weight excluding hydrogens is 340 g/mol. The van der Waals surface area contributed by atoms with Gasteiger partial charge in [0, 0.05) is 50.2 Å². The Bertz CT molecular complexity index is 849. The van der Waals surface area contributed by atoms with Crippen LogP contribution in [0.5, 0.6) is 0 Å². The summed E-state index contributed by atoms with van der Waals surface area (Å²) in [6, 6.07) is 4.43. The van der Waals surface area contributed by atoms with Crippen LogP contribution in [0, 0.1) is 10.1 Å². The summed E-state index contributed by atoms with van der Waals surface area (Å²) in [4.78, 5) is 45.8. The lowest BCUT2D eigenvalue weighted by molar-refractivity contribution is -0.385. The van der Waals surface area contributed by atoms with Gasteiger partial charge in [0.25, 0.3) is 17.5 Å². The highest BCUT2D eigenvalue weighted by Gasteiger charge is 2.26. The molecule has 1 fully saturated rings. The highest BCUT2D eigenvalue weighted by atomic mass is 16.6. The lowest BCUT2D eigenvalue weighted by atomic mass is 10.1. The van der Waals surface area contributed by atoms with Crippen molar-refractivity contribution in [3.63, 3.8) is 0 Å². The summed E-state index contributed by atoms with van der Waals surface area (Å²) < 4.78 is 0. The average Bonchev–Trinajstić information content (AvgIpc) is 2.67. The topological polar surface area (TPSA) is 136 Å². The summed E-state index contributed by atoms with van der Waals surface area (Å²) in [5.41, 5.74) is 5.59. The zero-order valence-electron chi connectivity index (χ0n) is 13.7. The second kappa shape index (κ2) is 7.13. The van der Waals surface area contributed by atoms with Crippen molar-refractivity contribution in [1.82, 2.24) is 14.9 Å². The van der Waals surface area contributed by atoms with Gasteiger partial charge in [-0.2, -0.15) is 0 Å². The Morgan fingerprint density at radius 3 is 2.38 bits per heavy atom. The predicted molar refractivity (Wildman–Crippen MR) is 91.8 cm³/mol. The second-order valence-corrected chi connectivity index (χ2v) is 5.70. The number of anilines is 1. The van der Waals surface area contributed by atoms with E-state index in [1.54, 1.807) is 34.3 Å². The molecule has 0 spiro atoms. The average molecular weight is 356 g/mol. The zero-order valence-corrected chi connectivity index (χ0v) is 13.7. The number of aromatic nitrogens is 2. The summed E-state index contributed by atoms with van der Waals surface area (Å²) in [7, 11) is 0. The third kappa shape index (κ3) is 3.43. The molecule has 0 aromatic carbocycles. The van der Waals surface area contributed by atoms with Gasteiger partial charge in [-0.1, -0.05) is 0 Å². The fraction of sp³-hybridized carbons (Fsp3) is 0.250. The monoisotopic (exact) mass is 356 g/mol. The van der Waals surface area contributed by atoms with E-state index in [-0.39, 0.29) is 17.2 Å². The first kappa shape index (κ1) is 17.3. The van der Waals surface area contributed by atoms with E-state index in [9.17, 15) is 19.7 Å². The number of amides is 2. The molecule has 0 bridgehead atoms. The summed E-state index contributed by atoms with van der Waals surface area (Å²) in [5.74, 6) is -0.593. The third-order valence-electron chi connectivity index (χ3n) is 4.12. The van der Waals surface area contributed by atoms with Gasteiger partial charge in [0.05, 0.1) is 10.5 Å². The highest BCUT2D eigenvalue weighted by molar-refractivity contribution is 5.98. The van der Waals surface area contributed by atoms with Crippen molar-refractivity contribution in [2.45, 2.75) is 0 Å². The molecule has 0 aliphatic carbocycles. The lowest BCUT2D eigenvalue weighted by Gasteiger charge is -2.35. The number of piperazine rings is 1. The predicted octanol–water partition coefficient (Wildman–Crippen LogP) is 0.446. The van der Waals surface area contributed by atoms with Crippen molar-refractivity contribution >= 4 is 23.3 Å². The first-order valence-electron chi connectivity index (χ1n) is 7.86. The minimum atomic E-state index is -0.786. The van der Waals surface area contributed by atoms with Crippen LogP contribution in [0.1, 0.15) is 20.7 Å². The Hall–Kier alpha value is -3.56. The third-order valence-corrected chi connectivity index (χ3v) is 4.12. The van der Waals surface area contributed by atoms with E-state index < -0.39 is 10.8 Å². The summed E-state index contributed by atoms with van der Waals surface area (Å²) in [6.45, 7) is 1.72. The molecule has 1 aliphatic rings. The van der Waals surface area contributed by atoms with Crippen LogP contribution in [0.25, 0.3) is 0 Å². The van der Waals surface area contributed by atoms with Gasteiger partial charge >= 0.3 is 0 Å². The molecule has 3 heterocycles. The number of nitrogens with zero attached hydrogens (tertiary/aromatic N) is 5. The molecule has 0 atom stereocenters. The summed E-state index contributed by atoms with van der Waals surface area (Å²) in [6.07, 6.45) is 4.21. The quantitative estimate of drug-likeness (QED) is 0.620. The van der Waals surface area contributed by atoms with Gasteiger partial charge in [-0.25, -0.2) is 4.98 Å². The molecule has 0 radical (unpaired) electrons. The fourth-order valence-electron chi connectivity index (χ4n) is 2.78. The molecule has 10 nitrogen and oxygen atoms in total. The van der Waals surface area contributed by atoms with Crippen LogP contribution in [0.2, 0.25) is 0 Å². The van der Waals surface area contributed by atoms with Gasteiger partial charge in [0.2, 0.25) is 0 Å². The number of nitrogens with two attached hydrogens (primary N) is 1. The van der Waals surface area contributed by atoms with Gasteiger partial charge < -0.3 is 15.5 Å². The number of rotatable bonds is 4. The minimum Gasteiger partial charge on any atom is -0.365 e. The van der Waals surface area contributed by atoms with Crippen LogP contribution >= 0.6 is 0 Å². The Morgan fingerprint density at radius 1 is 1.15 bits per heavy atom. The smallest absolute Gasteiger partial charge is 0.288 e. The molecule has 134 valence electrons.